The summed E-state index contributed by atoms with van der Waals surface area (Å²) in [6, 6.07) is 19.7. The Hall–Kier alpha value is -3.64. The number of benzene rings is 3. The van der Waals surface area contributed by atoms with Crippen LogP contribution in [0.25, 0.3) is 22.0 Å². The molecule has 0 fully saturated rings. The smallest absolute Gasteiger partial charge is 0.206 e. The van der Waals surface area contributed by atoms with Crippen molar-refractivity contribution in [1.29, 1.82) is 0 Å². The molecule has 4 rings (SSSR count). The number of methoxy groups -OCH3 is 1. The van der Waals surface area contributed by atoms with Crippen LogP contribution in [0.4, 0.5) is 0 Å². The van der Waals surface area contributed by atoms with Crippen LogP contribution in [0.5, 0.6) is 11.5 Å². The van der Waals surface area contributed by atoms with Crippen LogP contribution < -0.4 is 9.54 Å². The number of fused-ring (bicyclic) bond motifs is 1. The SMILES string of the molecule is C=CCN=c1scc(-c2cccc3ccccc23)n1N=Cc1ccc(OC)c(O)c1. The predicted molar refractivity (Wildman–Crippen MR) is 124 cm³/mol. The molecule has 0 aliphatic carbocycles. The molecular weight excluding hydrogens is 394 g/mol. The van der Waals surface area contributed by atoms with Crippen molar-refractivity contribution < 1.29 is 9.84 Å². The summed E-state index contributed by atoms with van der Waals surface area (Å²) in [6.45, 7) is 4.26. The molecule has 0 aliphatic heterocycles. The second-order valence-electron chi connectivity index (χ2n) is 6.55. The highest BCUT2D eigenvalue weighted by molar-refractivity contribution is 7.07. The first kappa shape index (κ1) is 19.7. The van der Waals surface area contributed by atoms with Crippen LogP contribution in [-0.2, 0) is 0 Å². The summed E-state index contributed by atoms with van der Waals surface area (Å²) in [5, 5.41) is 19.1. The van der Waals surface area contributed by atoms with E-state index in [0.29, 0.717) is 12.3 Å². The molecule has 150 valence electrons. The van der Waals surface area contributed by atoms with Gasteiger partial charge in [-0.1, -0.05) is 48.5 Å². The molecule has 1 aromatic heterocycles. The van der Waals surface area contributed by atoms with Crippen LogP contribution in [0, 0.1) is 0 Å². The highest BCUT2D eigenvalue weighted by Gasteiger charge is 2.10. The first-order valence-corrected chi connectivity index (χ1v) is 10.3. The van der Waals surface area contributed by atoms with Crippen molar-refractivity contribution >= 4 is 28.3 Å². The van der Waals surface area contributed by atoms with Gasteiger partial charge in [0.2, 0.25) is 4.80 Å². The van der Waals surface area contributed by atoms with Gasteiger partial charge in [0.1, 0.15) is 0 Å². The number of thiazole rings is 1. The molecular formula is C24H21N3O2S. The van der Waals surface area contributed by atoms with Crippen molar-refractivity contribution in [3.63, 3.8) is 0 Å². The molecule has 0 bridgehead atoms. The molecule has 1 N–H and O–H groups in total. The van der Waals surface area contributed by atoms with Crippen molar-refractivity contribution in [2.24, 2.45) is 10.1 Å². The third kappa shape index (κ3) is 3.90. The zero-order chi connectivity index (χ0) is 20.9. The number of phenols is 1. The average molecular weight is 416 g/mol. The number of phenolic OH excluding ortho intramolecular Hbond substituents is 1. The fraction of sp³-hybridized carbons (Fsp3) is 0.0833. The maximum atomic E-state index is 10.0. The van der Waals surface area contributed by atoms with Gasteiger partial charge in [0.25, 0.3) is 0 Å². The number of ether oxygens (including phenoxy) is 1. The van der Waals surface area contributed by atoms with Crippen LogP contribution in [0.2, 0.25) is 0 Å². The lowest BCUT2D eigenvalue weighted by Gasteiger charge is -2.08. The van der Waals surface area contributed by atoms with Gasteiger partial charge in [0, 0.05) is 10.9 Å². The van der Waals surface area contributed by atoms with Crippen molar-refractivity contribution in [1.82, 2.24) is 4.68 Å². The number of aromatic hydroxyl groups is 1. The Morgan fingerprint density at radius 2 is 1.97 bits per heavy atom. The topological polar surface area (TPSA) is 59.1 Å². The molecule has 0 spiro atoms. The summed E-state index contributed by atoms with van der Waals surface area (Å²) < 4.78 is 6.94. The lowest BCUT2D eigenvalue weighted by molar-refractivity contribution is 0.373. The molecule has 0 atom stereocenters. The predicted octanol–water partition coefficient (Wildman–Crippen LogP) is 5.05. The average Bonchev–Trinajstić information content (AvgIpc) is 3.18. The standard InChI is InChI=1S/C24H21N3O2S/c1-3-13-25-24-27(26-15-17-11-12-23(29-2)22(28)14-17)21(16-30-24)20-10-6-8-18-7-4-5-9-19(18)20/h3-12,14-16,28H,1,13H2,2H3. The number of hydrogen-bond donors (Lipinski definition) is 1. The maximum absolute atomic E-state index is 10.0. The lowest BCUT2D eigenvalue weighted by atomic mass is 10.0. The Labute approximate surface area is 178 Å². The van der Waals surface area contributed by atoms with Crippen molar-refractivity contribution in [3.05, 3.63) is 89.1 Å². The van der Waals surface area contributed by atoms with Gasteiger partial charge in [0.05, 0.1) is 25.6 Å². The molecule has 0 unspecified atom stereocenters. The first-order chi connectivity index (χ1) is 14.7. The molecule has 30 heavy (non-hydrogen) atoms. The van der Waals surface area contributed by atoms with E-state index in [9.17, 15) is 5.11 Å². The van der Waals surface area contributed by atoms with Crippen molar-refractivity contribution in [2.45, 2.75) is 0 Å². The van der Waals surface area contributed by atoms with E-state index >= 15 is 0 Å². The molecule has 5 nitrogen and oxygen atoms in total. The maximum Gasteiger partial charge on any atom is 0.206 e. The third-order valence-electron chi connectivity index (χ3n) is 4.63. The lowest BCUT2D eigenvalue weighted by Crippen LogP contribution is -2.12. The summed E-state index contributed by atoms with van der Waals surface area (Å²) in [5.41, 5.74) is 2.79. The van der Waals surface area contributed by atoms with Crippen LogP contribution in [0.1, 0.15) is 5.56 Å². The van der Waals surface area contributed by atoms with E-state index < -0.39 is 0 Å². The Morgan fingerprint density at radius 3 is 2.77 bits per heavy atom. The summed E-state index contributed by atoms with van der Waals surface area (Å²) in [6.07, 6.45) is 3.46. The Kier molecular flexibility index (Phi) is 5.77. The molecule has 1 heterocycles. The van der Waals surface area contributed by atoms with Crippen molar-refractivity contribution in [2.75, 3.05) is 13.7 Å². The number of hydrogen-bond acceptors (Lipinski definition) is 5. The van der Waals surface area contributed by atoms with Gasteiger partial charge in [0.15, 0.2) is 11.5 Å². The summed E-state index contributed by atoms with van der Waals surface area (Å²) in [7, 11) is 1.52. The largest absolute Gasteiger partial charge is 0.504 e. The molecule has 3 aromatic carbocycles. The van der Waals surface area contributed by atoms with Gasteiger partial charge in [-0.3, -0.25) is 4.99 Å². The second kappa shape index (κ2) is 8.80. The zero-order valence-corrected chi connectivity index (χ0v) is 17.3. The van der Waals surface area contributed by atoms with E-state index in [1.807, 2.05) is 28.9 Å². The van der Waals surface area contributed by atoms with E-state index in [0.717, 1.165) is 27.0 Å². The molecule has 6 heteroatoms. The van der Waals surface area contributed by atoms with Crippen LogP contribution >= 0.6 is 11.3 Å². The van der Waals surface area contributed by atoms with E-state index in [1.54, 1.807) is 24.4 Å². The van der Waals surface area contributed by atoms with Gasteiger partial charge in [-0.05, 0) is 34.5 Å². The second-order valence-corrected chi connectivity index (χ2v) is 7.38. The van der Waals surface area contributed by atoms with Gasteiger partial charge in [-0.15, -0.1) is 17.9 Å². The van der Waals surface area contributed by atoms with E-state index in [-0.39, 0.29) is 5.75 Å². The van der Waals surface area contributed by atoms with Gasteiger partial charge >= 0.3 is 0 Å². The number of aromatic nitrogens is 1. The van der Waals surface area contributed by atoms with E-state index in [4.69, 9.17) is 9.84 Å². The minimum absolute atomic E-state index is 0.0719. The molecule has 0 amide bonds. The Morgan fingerprint density at radius 1 is 1.13 bits per heavy atom. The fourth-order valence-corrected chi connectivity index (χ4v) is 4.05. The molecule has 4 aromatic rings. The van der Waals surface area contributed by atoms with Crippen LogP contribution in [0.3, 0.4) is 0 Å². The summed E-state index contributed by atoms with van der Waals surface area (Å²) >= 11 is 1.53. The van der Waals surface area contributed by atoms with Gasteiger partial charge in [-0.2, -0.15) is 5.10 Å². The zero-order valence-electron chi connectivity index (χ0n) is 16.5. The molecule has 0 saturated heterocycles. The highest BCUT2D eigenvalue weighted by atomic mass is 32.1. The normalized spacial score (nSPS) is 12.0. The van der Waals surface area contributed by atoms with Crippen LogP contribution in [-0.4, -0.2) is 29.7 Å². The molecule has 0 aliphatic rings. The minimum atomic E-state index is 0.0719. The number of nitrogens with zero attached hydrogens (tertiary/aromatic N) is 3. The summed E-state index contributed by atoms with van der Waals surface area (Å²) in [4.78, 5) is 5.36. The quantitative estimate of drug-likeness (QED) is 0.354. The van der Waals surface area contributed by atoms with Crippen LogP contribution in [0.15, 0.2) is 88.8 Å². The minimum Gasteiger partial charge on any atom is -0.504 e. The first-order valence-electron chi connectivity index (χ1n) is 9.42. The highest BCUT2D eigenvalue weighted by Crippen LogP contribution is 2.29. The number of rotatable bonds is 6. The third-order valence-corrected chi connectivity index (χ3v) is 5.49. The monoisotopic (exact) mass is 415 g/mol. The molecule has 0 saturated carbocycles. The van der Waals surface area contributed by atoms with Crippen molar-refractivity contribution in [3.8, 4) is 22.8 Å². The summed E-state index contributed by atoms with van der Waals surface area (Å²) in [5.74, 6) is 0.496. The van der Waals surface area contributed by atoms with Gasteiger partial charge in [-0.25, -0.2) is 4.68 Å². The molecule has 0 radical (unpaired) electrons. The van der Waals surface area contributed by atoms with E-state index in [1.165, 1.54) is 23.8 Å². The Bertz CT molecular complexity index is 1300. The van der Waals surface area contributed by atoms with Gasteiger partial charge < -0.3 is 9.84 Å². The Balaban J connectivity index is 1.85. The fourth-order valence-electron chi connectivity index (χ4n) is 3.21. The van der Waals surface area contributed by atoms with E-state index in [2.05, 4.69) is 41.2 Å².